The number of anilines is 1. The summed E-state index contributed by atoms with van der Waals surface area (Å²) in [5, 5.41) is 6.57. The molecule has 142 valence electrons. The summed E-state index contributed by atoms with van der Waals surface area (Å²) in [6.45, 7) is 12.6. The number of ether oxygens (including phenoxy) is 1. The molecular formula is C18H32IN5O. The van der Waals surface area contributed by atoms with E-state index in [0.717, 1.165) is 49.9 Å². The predicted molar refractivity (Wildman–Crippen MR) is 115 cm³/mol. The quantitative estimate of drug-likeness (QED) is 0.388. The van der Waals surface area contributed by atoms with Gasteiger partial charge in [0.05, 0.1) is 18.8 Å². The van der Waals surface area contributed by atoms with Crippen molar-refractivity contribution in [3.05, 3.63) is 23.9 Å². The van der Waals surface area contributed by atoms with E-state index in [9.17, 15) is 0 Å². The number of hydrogen-bond acceptors (Lipinski definition) is 4. The number of guanidine groups is 1. The van der Waals surface area contributed by atoms with Crippen LogP contribution in [-0.4, -0.2) is 49.3 Å². The summed E-state index contributed by atoms with van der Waals surface area (Å²) >= 11 is 0. The van der Waals surface area contributed by atoms with Crippen molar-refractivity contribution < 1.29 is 4.74 Å². The van der Waals surface area contributed by atoms with Crippen molar-refractivity contribution in [2.24, 2.45) is 4.99 Å². The molecule has 1 aromatic rings. The molecule has 1 saturated heterocycles. The Morgan fingerprint density at radius 2 is 1.96 bits per heavy atom. The third-order valence-electron chi connectivity index (χ3n) is 3.86. The minimum atomic E-state index is 0. The second-order valence-corrected chi connectivity index (χ2v) is 6.31. The molecule has 2 N–H and O–H groups in total. The van der Waals surface area contributed by atoms with Crippen LogP contribution in [0.2, 0.25) is 0 Å². The highest BCUT2D eigenvalue weighted by Crippen LogP contribution is 2.18. The molecule has 7 heteroatoms. The van der Waals surface area contributed by atoms with Gasteiger partial charge in [-0.3, -0.25) is 0 Å². The molecule has 2 heterocycles. The number of nitrogens with zero attached hydrogens (tertiary/aromatic N) is 3. The smallest absolute Gasteiger partial charge is 0.191 e. The standard InChI is InChI=1S/C18H31N5O.HI/c1-5-9-20-18(19-6-2)22-11-16-7-8-17(21-10-16)23-12-14(3)24-15(4)13-23;/h7-8,10,14-15H,5-6,9,11-13H2,1-4H3,(H2,19,20,22);1H. The van der Waals surface area contributed by atoms with Crippen LogP contribution in [0.25, 0.3) is 0 Å². The van der Waals surface area contributed by atoms with Crippen molar-refractivity contribution >= 4 is 35.8 Å². The third-order valence-corrected chi connectivity index (χ3v) is 3.86. The van der Waals surface area contributed by atoms with Crippen LogP contribution < -0.4 is 15.5 Å². The van der Waals surface area contributed by atoms with Crippen molar-refractivity contribution in [3.63, 3.8) is 0 Å². The normalized spacial score (nSPS) is 20.8. The molecule has 2 unspecified atom stereocenters. The first-order valence-electron chi connectivity index (χ1n) is 8.99. The van der Waals surface area contributed by atoms with Crippen LogP contribution in [0.4, 0.5) is 5.82 Å². The summed E-state index contributed by atoms with van der Waals surface area (Å²) in [6.07, 6.45) is 3.49. The van der Waals surface area contributed by atoms with Gasteiger partial charge in [-0.1, -0.05) is 13.0 Å². The zero-order chi connectivity index (χ0) is 17.4. The highest BCUT2D eigenvalue weighted by Gasteiger charge is 2.22. The number of hydrogen-bond donors (Lipinski definition) is 2. The van der Waals surface area contributed by atoms with E-state index in [2.05, 4.69) is 65.3 Å². The zero-order valence-corrected chi connectivity index (χ0v) is 18.1. The van der Waals surface area contributed by atoms with Gasteiger partial charge in [-0.25, -0.2) is 9.98 Å². The Labute approximate surface area is 168 Å². The Balaban J connectivity index is 0.00000312. The Bertz CT molecular complexity index is 513. The van der Waals surface area contributed by atoms with Gasteiger partial charge in [0.1, 0.15) is 5.82 Å². The van der Waals surface area contributed by atoms with Crippen molar-refractivity contribution in [2.75, 3.05) is 31.1 Å². The van der Waals surface area contributed by atoms with E-state index in [1.807, 2.05) is 6.20 Å². The van der Waals surface area contributed by atoms with E-state index in [-0.39, 0.29) is 36.2 Å². The first-order valence-corrected chi connectivity index (χ1v) is 8.99. The summed E-state index contributed by atoms with van der Waals surface area (Å²) in [7, 11) is 0. The number of halogens is 1. The van der Waals surface area contributed by atoms with Gasteiger partial charge < -0.3 is 20.3 Å². The van der Waals surface area contributed by atoms with E-state index in [0.29, 0.717) is 6.54 Å². The number of rotatable bonds is 6. The first-order chi connectivity index (χ1) is 11.6. The van der Waals surface area contributed by atoms with Crippen molar-refractivity contribution in [1.82, 2.24) is 15.6 Å². The van der Waals surface area contributed by atoms with Crippen LogP contribution in [0.5, 0.6) is 0 Å². The average molecular weight is 461 g/mol. The van der Waals surface area contributed by atoms with Crippen LogP contribution in [0.1, 0.15) is 39.7 Å². The molecular weight excluding hydrogens is 429 g/mol. The van der Waals surface area contributed by atoms with Gasteiger partial charge in [0.25, 0.3) is 0 Å². The molecule has 2 rings (SSSR count). The molecule has 2 atom stereocenters. The van der Waals surface area contributed by atoms with E-state index < -0.39 is 0 Å². The summed E-state index contributed by atoms with van der Waals surface area (Å²) in [6, 6.07) is 4.20. The molecule has 25 heavy (non-hydrogen) atoms. The summed E-state index contributed by atoms with van der Waals surface area (Å²) in [5.41, 5.74) is 1.11. The number of nitrogens with one attached hydrogen (secondary N) is 2. The van der Waals surface area contributed by atoms with Gasteiger partial charge in [-0.2, -0.15) is 0 Å². The number of morpholine rings is 1. The molecule has 1 aliphatic heterocycles. The molecule has 0 radical (unpaired) electrons. The lowest BCUT2D eigenvalue weighted by atomic mass is 10.2. The fourth-order valence-corrected chi connectivity index (χ4v) is 2.82. The summed E-state index contributed by atoms with van der Waals surface area (Å²) < 4.78 is 5.78. The first kappa shape index (κ1) is 22.0. The maximum atomic E-state index is 5.78. The molecule has 1 fully saturated rings. The lowest BCUT2D eigenvalue weighted by molar-refractivity contribution is -0.00545. The maximum Gasteiger partial charge on any atom is 0.191 e. The minimum absolute atomic E-state index is 0. The second-order valence-electron chi connectivity index (χ2n) is 6.31. The van der Waals surface area contributed by atoms with Gasteiger partial charge in [-0.15, -0.1) is 24.0 Å². The molecule has 0 spiro atoms. The van der Waals surface area contributed by atoms with Crippen LogP contribution in [0.3, 0.4) is 0 Å². The highest BCUT2D eigenvalue weighted by atomic mass is 127. The number of aromatic nitrogens is 1. The van der Waals surface area contributed by atoms with Crippen molar-refractivity contribution in [2.45, 2.75) is 52.9 Å². The van der Waals surface area contributed by atoms with Gasteiger partial charge in [-0.05, 0) is 38.8 Å². The summed E-state index contributed by atoms with van der Waals surface area (Å²) in [5.74, 6) is 1.87. The second kappa shape index (κ2) is 11.5. The molecule has 6 nitrogen and oxygen atoms in total. The van der Waals surface area contributed by atoms with E-state index in [1.165, 1.54) is 0 Å². The molecule has 0 bridgehead atoms. The molecule has 0 amide bonds. The third kappa shape index (κ3) is 7.35. The zero-order valence-electron chi connectivity index (χ0n) is 15.8. The van der Waals surface area contributed by atoms with Crippen molar-refractivity contribution in [3.8, 4) is 0 Å². The lowest BCUT2D eigenvalue weighted by Crippen LogP contribution is -2.45. The Kier molecular flexibility index (Phi) is 10.1. The molecule has 0 aromatic carbocycles. The van der Waals surface area contributed by atoms with Crippen molar-refractivity contribution in [1.29, 1.82) is 0 Å². The Morgan fingerprint density at radius 1 is 1.24 bits per heavy atom. The Hall–Kier alpha value is -1.09. The highest BCUT2D eigenvalue weighted by molar-refractivity contribution is 14.0. The van der Waals surface area contributed by atoms with Gasteiger partial charge in [0.15, 0.2) is 5.96 Å². The van der Waals surface area contributed by atoms with Crippen LogP contribution >= 0.6 is 24.0 Å². The Morgan fingerprint density at radius 3 is 2.52 bits per heavy atom. The number of pyridine rings is 1. The van der Waals surface area contributed by atoms with Crippen LogP contribution in [-0.2, 0) is 11.3 Å². The molecule has 1 aliphatic rings. The van der Waals surface area contributed by atoms with Gasteiger partial charge in [0, 0.05) is 32.4 Å². The minimum Gasteiger partial charge on any atom is -0.372 e. The van der Waals surface area contributed by atoms with Crippen LogP contribution in [0.15, 0.2) is 23.3 Å². The number of aliphatic imine (C=N–C) groups is 1. The summed E-state index contributed by atoms with van der Waals surface area (Å²) in [4.78, 5) is 11.5. The largest absolute Gasteiger partial charge is 0.372 e. The topological polar surface area (TPSA) is 61.8 Å². The van der Waals surface area contributed by atoms with Gasteiger partial charge >= 0.3 is 0 Å². The van der Waals surface area contributed by atoms with Crippen LogP contribution in [0, 0.1) is 0 Å². The fourth-order valence-electron chi connectivity index (χ4n) is 2.82. The molecule has 0 saturated carbocycles. The fraction of sp³-hybridized carbons (Fsp3) is 0.667. The lowest BCUT2D eigenvalue weighted by Gasteiger charge is -2.36. The molecule has 0 aliphatic carbocycles. The maximum absolute atomic E-state index is 5.78. The SMILES string of the molecule is CCCNC(=NCc1ccc(N2CC(C)OC(C)C2)nc1)NCC.I. The monoisotopic (exact) mass is 461 g/mol. The van der Waals surface area contributed by atoms with Gasteiger partial charge in [0.2, 0.25) is 0 Å². The molecule has 1 aromatic heterocycles. The van der Waals surface area contributed by atoms with E-state index in [4.69, 9.17) is 4.74 Å². The predicted octanol–water partition coefficient (Wildman–Crippen LogP) is 2.78. The van der Waals surface area contributed by atoms with E-state index in [1.54, 1.807) is 0 Å². The average Bonchev–Trinajstić information content (AvgIpc) is 2.57. The van der Waals surface area contributed by atoms with E-state index >= 15 is 0 Å².